The summed E-state index contributed by atoms with van der Waals surface area (Å²) in [5.41, 5.74) is -4.44. The first-order valence-corrected chi connectivity index (χ1v) is 9.96. The van der Waals surface area contributed by atoms with E-state index in [2.05, 4.69) is 10.3 Å². The molecule has 2 aromatic carbocycles. The number of nitriles is 1. The van der Waals surface area contributed by atoms with Gasteiger partial charge in [-0.05, 0) is 36.4 Å². The Bertz CT molecular complexity index is 1380. The van der Waals surface area contributed by atoms with Gasteiger partial charge in [-0.1, -0.05) is 16.8 Å². The molecule has 0 spiro atoms. The molecule has 1 heterocycles. The number of hydrogen-bond acceptors (Lipinski definition) is 6. The summed E-state index contributed by atoms with van der Waals surface area (Å²) in [4.78, 5) is 11.2. The van der Waals surface area contributed by atoms with Crippen molar-refractivity contribution in [2.24, 2.45) is 0 Å². The van der Waals surface area contributed by atoms with Crippen molar-refractivity contribution in [2.75, 3.05) is 0 Å². The third-order valence-corrected chi connectivity index (χ3v) is 5.45. The second-order valence-electron chi connectivity index (χ2n) is 5.98. The average Bonchev–Trinajstić information content (AvgIpc) is 3.15. The number of halogens is 6. The number of amides is 1. The van der Waals surface area contributed by atoms with E-state index in [1.807, 2.05) is 0 Å². The highest BCUT2D eigenvalue weighted by Crippen LogP contribution is 2.33. The molecule has 3 rings (SSSR count). The molecule has 0 unspecified atom stereocenters. The third kappa shape index (κ3) is 4.39. The number of carbonyl (C=O) groups excluding carboxylic acids is 1. The van der Waals surface area contributed by atoms with Gasteiger partial charge >= 0.3 is 6.18 Å². The lowest BCUT2D eigenvalue weighted by molar-refractivity contribution is -0.143. The standard InChI is InChI=1S/C17H7ClF5N5O3S/c18-9-2-3-10(19)13(6-9)32(30,31)26-16(29)14-15(17(21,22)23)28(27-25-14)12-4-1-8(7-24)5-11(12)20/h1-6H,(H,26,29). The Kier molecular flexibility index (Phi) is 5.90. The van der Waals surface area contributed by atoms with Gasteiger partial charge in [0.25, 0.3) is 15.9 Å². The molecule has 3 aromatic rings. The lowest BCUT2D eigenvalue weighted by Crippen LogP contribution is -2.33. The molecule has 1 N–H and O–H groups in total. The molecule has 0 aliphatic heterocycles. The van der Waals surface area contributed by atoms with Gasteiger partial charge in [0, 0.05) is 5.02 Å². The predicted octanol–water partition coefficient (Wildman–Crippen LogP) is 3.21. The molecule has 1 amide bonds. The molecule has 15 heteroatoms. The Morgan fingerprint density at radius 3 is 2.41 bits per heavy atom. The predicted molar refractivity (Wildman–Crippen MR) is 97.1 cm³/mol. The number of carbonyl (C=O) groups is 1. The molecule has 8 nitrogen and oxygen atoms in total. The monoisotopic (exact) mass is 491 g/mol. The first kappa shape index (κ1) is 23.1. The molecule has 0 saturated carbocycles. The highest BCUT2D eigenvalue weighted by molar-refractivity contribution is 7.90. The zero-order valence-corrected chi connectivity index (χ0v) is 16.7. The van der Waals surface area contributed by atoms with E-state index < -0.39 is 55.7 Å². The number of aromatic nitrogens is 3. The first-order valence-electron chi connectivity index (χ1n) is 8.10. The van der Waals surface area contributed by atoms with Crippen molar-refractivity contribution in [3.05, 3.63) is 70.0 Å². The number of sulfonamides is 1. The maximum atomic E-state index is 14.2. The van der Waals surface area contributed by atoms with Crippen molar-refractivity contribution in [3.8, 4) is 11.8 Å². The van der Waals surface area contributed by atoms with Crippen molar-refractivity contribution < 1.29 is 35.2 Å². The maximum Gasteiger partial charge on any atom is 0.435 e. The Balaban J connectivity index is 2.08. The van der Waals surface area contributed by atoms with Crippen LogP contribution < -0.4 is 4.72 Å². The topological polar surface area (TPSA) is 118 Å². The average molecular weight is 492 g/mol. The van der Waals surface area contributed by atoms with Gasteiger partial charge in [0.05, 0.1) is 11.6 Å². The van der Waals surface area contributed by atoms with Gasteiger partial charge in [-0.2, -0.15) is 18.4 Å². The van der Waals surface area contributed by atoms with E-state index in [1.165, 1.54) is 4.72 Å². The van der Waals surface area contributed by atoms with Crippen LogP contribution in [0.2, 0.25) is 5.02 Å². The van der Waals surface area contributed by atoms with Crippen LogP contribution in [-0.2, 0) is 16.2 Å². The van der Waals surface area contributed by atoms with Crippen molar-refractivity contribution in [2.45, 2.75) is 11.1 Å². The molecular weight excluding hydrogens is 485 g/mol. The molecule has 0 aliphatic rings. The lowest BCUT2D eigenvalue weighted by Gasteiger charge is -2.12. The summed E-state index contributed by atoms with van der Waals surface area (Å²) in [6, 6.07) is 6.32. The van der Waals surface area contributed by atoms with Gasteiger partial charge in [0.2, 0.25) is 0 Å². The first-order chi connectivity index (χ1) is 14.8. The molecule has 32 heavy (non-hydrogen) atoms. The Labute approximate surface area is 180 Å². The van der Waals surface area contributed by atoms with Gasteiger partial charge in [0.1, 0.15) is 22.2 Å². The molecule has 0 aliphatic carbocycles. The van der Waals surface area contributed by atoms with E-state index in [-0.39, 0.29) is 15.3 Å². The van der Waals surface area contributed by atoms with Crippen molar-refractivity contribution in [1.82, 2.24) is 19.7 Å². The highest BCUT2D eigenvalue weighted by Gasteiger charge is 2.43. The fourth-order valence-corrected chi connectivity index (χ4v) is 3.81. The van der Waals surface area contributed by atoms with Gasteiger partial charge in [0.15, 0.2) is 11.4 Å². The maximum absolute atomic E-state index is 14.2. The van der Waals surface area contributed by atoms with E-state index in [1.54, 1.807) is 6.07 Å². The summed E-state index contributed by atoms with van der Waals surface area (Å²) in [6.07, 6.45) is -5.35. The molecule has 0 fully saturated rings. The van der Waals surface area contributed by atoms with Crippen LogP contribution in [0.4, 0.5) is 22.0 Å². The van der Waals surface area contributed by atoms with Crippen LogP contribution >= 0.6 is 11.6 Å². The van der Waals surface area contributed by atoms with Crippen molar-refractivity contribution in [1.29, 1.82) is 5.26 Å². The Hall–Kier alpha value is -3.57. The van der Waals surface area contributed by atoms with E-state index >= 15 is 0 Å². The summed E-state index contributed by atoms with van der Waals surface area (Å²) in [7, 11) is -5.01. The lowest BCUT2D eigenvalue weighted by atomic mass is 10.2. The largest absolute Gasteiger partial charge is 0.435 e. The Morgan fingerprint density at radius 2 is 1.81 bits per heavy atom. The number of hydrogen-bond donors (Lipinski definition) is 1. The summed E-state index contributed by atoms with van der Waals surface area (Å²) in [5, 5.41) is 14.6. The minimum atomic E-state index is -5.35. The van der Waals surface area contributed by atoms with Crippen LogP contribution in [-0.4, -0.2) is 29.3 Å². The minimum Gasteiger partial charge on any atom is -0.266 e. The van der Waals surface area contributed by atoms with Gasteiger partial charge in [-0.15, -0.1) is 5.10 Å². The smallest absolute Gasteiger partial charge is 0.266 e. The molecule has 0 bridgehead atoms. The van der Waals surface area contributed by atoms with Crippen molar-refractivity contribution in [3.63, 3.8) is 0 Å². The number of alkyl halides is 3. The van der Waals surface area contributed by atoms with Crippen molar-refractivity contribution >= 4 is 27.5 Å². The van der Waals surface area contributed by atoms with E-state index in [0.717, 1.165) is 18.2 Å². The summed E-state index contributed by atoms with van der Waals surface area (Å²) >= 11 is 5.60. The summed E-state index contributed by atoms with van der Waals surface area (Å²) in [5.74, 6) is -4.52. The second-order valence-corrected chi connectivity index (χ2v) is 8.07. The molecule has 166 valence electrons. The van der Waals surface area contributed by atoms with Crippen LogP contribution in [0, 0.1) is 23.0 Å². The van der Waals surface area contributed by atoms with E-state index in [0.29, 0.717) is 18.2 Å². The molecule has 1 aromatic heterocycles. The SMILES string of the molecule is N#Cc1ccc(-n2nnc(C(=O)NS(=O)(=O)c3cc(Cl)ccc3F)c2C(F)(F)F)c(F)c1. The molecule has 0 radical (unpaired) electrons. The van der Waals surface area contributed by atoms with Gasteiger partial charge in [-0.25, -0.2) is 26.6 Å². The number of rotatable bonds is 4. The van der Waals surface area contributed by atoms with Crippen LogP contribution in [0.15, 0.2) is 41.3 Å². The number of nitrogens with zero attached hydrogens (tertiary/aromatic N) is 4. The van der Waals surface area contributed by atoms with Gasteiger partial charge < -0.3 is 0 Å². The quantitative estimate of drug-likeness (QED) is 0.560. The summed E-state index contributed by atoms with van der Waals surface area (Å²) < 4.78 is 94.8. The molecular formula is C17H7ClF5N5O3S. The van der Waals surface area contributed by atoms with Gasteiger partial charge in [-0.3, -0.25) is 4.79 Å². The van der Waals surface area contributed by atoms with E-state index in [9.17, 15) is 35.2 Å². The third-order valence-electron chi connectivity index (χ3n) is 3.87. The zero-order valence-electron chi connectivity index (χ0n) is 15.2. The number of benzene rings is 2. The minimum absolute atomic E-state index is 0.0714. The second kappa shape index (κ2) is 8.17. The fraction of sp³-hybridized carbons (Fsp3) is 0.0588. The molecule has 0 atom stereocenters. The number of nitrogens with one attached hydrogen (secondary N) is 1. The normalized spacial score (nSPS) is 11.8. The Morgan fingerprint density at radius 1 is 1.12 bits per heavy atom. The van der Waals surface area contributed by atoms with Crippen LogP contribution in [0.5, 0.6) is 0 Å². The fourth-order valence-electron chi connectivity index (χ4n) is 2.51. The summed E-state index contributed by atoms with van der Waals surface area (Å²) in [6.45, 7) is 0. The van der Waals surface area contributed by atoms with Crippen LogP contribution in [0.3, 0.4) is 0 Å². The molecule has 0 saturated heterocycles. The van der Waals surface area contributed by atoms with E-state index in [4.69, 9.17) is 16.9 Å². The zero-order chi connectivity index (χ0) is 23.8. The highest BCUT2D eigenvalue weighted by atomic mass is 35.5. The van der Waals surface area contributed by atoms with Crippen LogP contribution in [0.1, 0.15) is 21.7 Å². The van der Waals surface area contributed by atoms with Crippen LogP contribution in [0.25, 0.3) is 5.69 Å².